The van der Waals surface area contributed by atoms with Crippen molar-refractivity contribution in [3.05, 3.63) is 41.8 Å². The predicted octanol–water partition coefficient (Wildman–Crippen LogP) is 4.08. The molecule has 9 heteroatoms. The number of sulfonamides is 1. The maximum Gasteiger partial charge on any atom is 0.214 e. The van der Waals surface area contributed by atoms with E-state index < -0.39 is 10.0 Å². The van der Waals surface area contributed by atoms with E-state index in [1.54, 1.807) is 6.20 Å². The molecular formula is C21H24ClN5O2S. The molecule has 2 saturated carbocycles. The molecule has 0 aliphatic heterocycles. The van der Waals surface area contributed by atoms with E-state index in [1.807, 2.05) is 30.5 Å². The van der Waals surface area contributed by atoms with Gasteiger partial charge in [0.15, 0.2) is 0 Å². The second kappa shape index (κ2) is 7.83. The molecule has 3 aromatic rings. The van der Waals surface area contributed by atoms with Gasteiger partial charge in [-0.1, -0.05) is 11.6 Å². The summed E-state index contributed by atoms with van der Waals surface area (Å²) in [5.74, 6) is 0.700. The van der Waals surface area contributed by atoms with Crippen molar-refractivity contribution in [3.8, 4) is 11.1 Å². The molecule has 5 rings (SSSR count). The van der Waals surface area contributed by atoms with E-state index in [-0.39, 0.29) is 17.3 Å². The largest absolute Gasteiger partial charge is 0.367 e. The van der Waals surface area contributed by atoms with Crippen molar-refractivity contribution in [2.45, 2.75) is 55.9 Å². The first-order valence-electron chi connectivity index (χ1n) is 10.4. The molecule has 158 valence electrons. The number of aromatic amines is 1. The summed E-state index contributed by atoms with van der Waals surface area (Å²) in [6, 6.07) is 7.88. The van der Waals surface area contributed by atoms with Crippen LogP contribution in [0.1, 0.15) is 38.5 Å². The molecule has 2 fully saturated rings. The van der Waals surface area contributed by atoms with Crippen LogP contribution in [-0.4, -0.2) is 40.7 Å². The highest BCUT2D eigenvalue weighted by Crippen LogP contribution is 2.32. The van der Waals surface area contributed by atoms with Gasteiger partial charge >= 0.3 is 0 Å². The summed E-state index contributed by atoms with van der Waals surface area (Å²) in [5.41, 5.74) is 2.80. The van der Waals surface area contributed by atoms with Crippen molar-refractivity contribution in [1.29, 1.82) is 0 Å². The first-order chi connectivity index (χ1) is 14.5. The lowest BCUT2D eigenvalue weighted by molar-refractivity contribution is 0.385. The van der Waals surface area contributed by atoms with Crippen LogP contribution >= 0.6 is 11.6 Å². The van der Waals surface area contributed by atoms with E-state index in [0.29, 0.717) is 11.0 Å². The van der Waals surface area contributed by atoms with Crippen LogP contribution in [0.25, 0.3) is 22.2 Å². The molecule has 2 atom stereocenters. The Labute approximate surface area is 180 Å². The summed E-state index contributed by atoms with van der Waals surface area (Å²) in [4.78, 5) is 12.0. The van der Waals surface area contributed by atoms with Gasteiger partial charge < -0.3 is 10.3 Å². The molecule has 0 spiro atoms. The third kappa shape index (κ3) is 4.17. The summed E-state index contributed by atoms with van der Waals surface area (Å²) in [7, 11) is -3.17. The van der Waals surface area contributed by atoms with Crippen molar-refractivity contribution in [1.82, 2.24) is 19.7 Å². The van der Waals surface area contributed by atoms with Crippen LogP contribution in [0.2, 0.25) is 5.15 Å². The van der Waals surface area contributed by atoms with Crippen molar-refractivity contribution in [2.75, 3.05) is 5.32 Å². The first-order valence-corrected chi connectivity index (χ1v) is 12.3. The molecule has 0 amide bonds. The van der Waals surface area contributed by atoms with Gasteiger partial charge in [-0.3, -0.25) is 0 Å². The molecule has 0 aromatic carbocycles. The number of aromatic nitrogens is 3. The number of halogens is 1. The van der Waals surface area contributed by atoms with Gasteiger partial charge in [-0.05, 0) is 68.4 Å². The number of fused-ring (bicyclic) bond motifs is 1. The van der Waals surface area contributed by atoms with Crippen molar-refractivity contribution >= 4 is 38.5 Å². The number of hydrogen-bond acceptors (Lipinski definition) is 5. The molecule has 2 aliphatic carbocycles. The van der Waals surface area contributed by atoms with Crippen LogP contribution in [-0.2, 0) is 10.0 Å². The smallest absolute Gasteiger partial charge is 0.214 e. The fourth-order valence-corrected chi connectivity index (χ4v) is 6.10. The lowest BCUT2D eigenvalue weighted by Crippen LogP contribution is -2.43. The third-order valence-corrected chi connectivity index (χ3v) is 8.08. The van der Waals surface area contributed by atoms with E-state index >= 15 is 0 Å². The van der Waals surface area contributed by atoms with Crippen LogP contribution in [0.4, 0.5) is 5.82 Å². The number of nitrogens with one attached hydrogen (secondary N) is 3. The van der Waals surface area contributed by atoms with E-state index in [1.165, 1.54) is 0 Å². The third-order valence-electron chi connectivity index (χ3n) is 5.88. The molecule has 2 unspecified atom stereocenters. The average molecular weight is 446 g/mol. The Bertz CT molecular complexity index is 1180. The summed E-state index contributed by atoms with van der Waals surface area (Å²) < 4.78 is 27.5. The minimum absolute atomic E-state index is 0.0276. The summed E-state index contributed by atoms with van der Waals surface area (Å²) in [6.45, 7) is 0. The number of anilines is 1. The lowest BCUT2D eigenvalue weighted by atomic mass is 9.91. The highest BCUT2D eigenvalue weighted by atomic mass is 35.5. The fraction of sp³-hybridized carbons (Fsp3) is 0.429. The van der Waals surface area contributed by atoms with Gasteiger partial charge in [0.1, 0.15) is 16.6 Å². The Kier molecular flexibility index (Phi) is 5.16. The number of pyridine rings is 2. The van der Waals surface area contributed by atoms with Gasteiger partial charge in [-0.25, -0.2) is 23.1 Å². The highest BCUT2D eigenvalue weighted by Gasteiger charge is 2.37. The van der Waals surface area contributed by atoms with Gasteiger partial charge in [-0.2, -0.15) is 0 Å². The Morgan fingerprint density at radius 3 is 2.80 bits per heavy atom. The van der Waals surface area contributed by atoms with Crippen molar-refractivity contribution in [2.24, 2.45) is 0 Å². The number of rotatable bonds is 6. The van der Waals surface area contributed by atoms with Gasteiger partial charge in [0.2, 0.25) is 10.0 Å². The maximum atomic E-state index is 12.3. The van der Waals surface area contributed by atoms with Crippen LogP contribution in [0.3, 0.4) is 0 Å². The van der Waals surface area contributed by atoms with E-state index in [4.69, 9.17) is 11.6 Å². The Balaban J connectivity index is 1.33. The lowest BCUT2D eigenvalue weighted by Gasteiger charge is -2.30. The molecule has 0 saturated heterocycles. The topological polar surface area (TPSA) is 99.8 Å². The normalized spacial score (nSPS) is 22.3. The predicted molar refractivity (Wildman–Crippen MR) is 119 cm³/mol. The van der Waals surface area contributed by atoms with E-state index in [9.17, 15) is 8.42 Å². The van der Waals surface area contributed by atoms with Crippen LogP contribution in [0.5, 0.6) is 0 Å². The average Bonchev–Trinajstić information content (AvgIpc) is 3.48. The number of hydrogen-bond donors (Lipinski definition) is 3. The highest BCUT2D eigenvalue weighted by molar-refractivity contribution is 7.90. The number of H-pyrrole nitrogens is 1. The van der Waals surface area contributed by atoms with E-state index in [0.717, 1.165) is 60.7 Å². The van der Waals surface area contributed by atoms with Crippen LogP contribution in [0, 0.1) is 0 Å². The Morgan fingerprint density at radius 2 is 1.97 bits per heavy atom. The number of nitrogens with zero attached hydrogens (tertiary/aromatic N) is 2. The second-order valence-electron chi connectivity index (χ2n) is 8.23. The van der Waals surface area contributed by atoms with Crippen molar-refractivity contribution < 1.29 is 8.42 Å². The molecule has 3 N–H and O–H groups in total. The van der Waals surface area contributed by atoms with Crippen LogP contribution in [0.15, 0.2) is 36.7 Å². The molecule has 2 aliphatic rings. The van der Waals surface area contributed by atoms with Gasteiger partial charge in [-0.15, -0.1) is 0 Å². The van der Waals surface area contributed by atoms with Gasteiger partial charge in [0, 0.05) is 35.4 Å². The maximum absolute atomic E-state index is 12.3. The molecule has 3 aromatic heterocycles. The zero-order valence-electron chi connectivity index (χ0n) is 16.4. The molecule has 7 nitrogen and oxygen atoms in total. The zero-order chi connectivity index (χ0) is 20.7. The fourth-order valence-electron chi connectivity index (χ4n) is 4.27. The Hall–Kier alpha value is -2.16. The molecule has 3 heterocycles. The summed E-state index contributed by atoms with van der Waals surface area (Å²) >= 11 is 6.32. The second-order valence-corrected chi connectivity index (χ2v) is 10.6. The first kappa shape index (κ1) is 19.8. The van der Waals surface area contributed by atoms with Gasteiger partial charge in [0.25, 0.3) is 0 Å². The van der Waals surface area contributed by atoms with Gasteiger partial charge in [0.05, 0.1) is 5.25 Å². The molecule has 0 bridgehead atoms. The molecular weight excluding hydrogens is 422 g/mol. The van der Waals surface area contributed by atoms with Crippen LogP contribution < -0.4 is 10.0 Å². The molecule has 0 radical (unpaired) electrons. The minimum Gasteiger partial charge on any atom is -0.367 e. The quantitative estimate of drug-likeness (QED) is 0.496. The molecule has 30 heavy (non-hydrogen) atoms. The SMILES string of the molecule is O=S(=O)(NC1CCCC(Nc2cc(-c3c[nH]c4ncccc34)cc(Cl)n2)C1)C1CC1. The summed E-state index contributed by atoms with van der Waals surface area (Å²) in [5, 5.41) is 4.73. The van der Waals surface area contributed by atoms with E-state index in [2.05, 4.69) is 25.0 Å². The minimum atomic E-state index is -3.17. The van der Waals surface area contributed by atoms with Crippen molar-refractivity contribution in [3.63, 3.8) is 0 Å². The standard InChI is InChI=1S/C21H24ClN5O2S/c22-19-9-13(18-12-24-21-17(18)5-2-8-23-21)10-20(26-19)25-14-3-1-4-15(11-14)27-30(28,29)16-6-7-16/h2,5,8-10,12,14-16,27H,1,3-4,6-7,11H2,(H,23,24)(H,25,26). The monoisotopic (exact) mass is 445 g/mol. The Morgan fingerprint density at radius 1 is 1.13 bits per heavy atom. The summed E-state index contributed by atoms with van der Waals surface area (Å²) in [6.07, 6.45) is 8.81. The zero-order valence-corrected chi connectivity index (χ0v) is 18.0.